The first kappa shape index (κ1) is 15.2. The van der Waals surface area contributed by atoms with E-state index in [1.165, 1.54) is 5.56 Å². The van der Waals surface area contributed by atoms with Gasteiger partial charge in [0.2, 0.25) is 0 Å². The Morgan fingerprint density at radius 1 is 1.45 bits per heavy atom. The van der Waals surface area contributed by atoms with Crippen molar-refractivity contribution in [2.45, 2.75) is 19.4 Å². The smallest absolute Gasteiger partial charge is 0.322 e. The third-order valence-corrected chi connectivity index (χ3v) is 3.94. The molecule has 5 heteroatoms. The van der Waals surface area contributed by atoms with Gasteiger partial charge in [0.15, 0.2) is 0 Å². The van der Waals surface area contributed by atoms with Gasteiger partial charge in [-0.2, -0.15) is 11.8 Å². The third kappa shape index (κ3) is 4.42. The highest BCUT2D eigenvalue weighted by Crippen LogP contribution is 2.13. The molecule has 0 aromatic heterocycles. The van der Waals surface area contributed by atoms with E-state index in [-0.39, 0.29) is 12.1 Å². The molecular formula is C15H22N2O2S. The number of anilines is 1. The van der Waals surface area contributed by atoms with Gasteiger partial charge in [-0.05, 0) is 43.0 Å². The molecule has 1 aromatic rings. The zero-order chi connectivity index (χ0) is 14.4. The van der Waals surface area contributed by atoms with Crippen LogP contribution < -0.4 is 5.32 Å². The van der Waals surface area contributed by atoms with Gasteiger partial charge in [-0.1, -0.05) is 12.1 Å². The number of benzene rings is 1. The van der Waals surface area contributed by atoms with E-state index in [1.54, 1.807) is 4.90 Å². The predicted molar refractivity (Wildman–Crippen MR) is 84.5 cm³/mol. The van der Waals surface area contributed by atoms with Gasteiger partial charge in [-0.25, -0.2) is 4.79 Å². The number of rotatable bonds is 4. The Morgan fingerprint density at radius 3 is 2.85 bits per heavy atom. The average Bonchev–Trinajstić information content (AvgIpc) is 2.46. The summed E-state index contributed by atoms with van der Waals surface area (Å²) in [5.74, 6) is 1.12. The van der Waals surface area contributed by atoms with Gasteiger partial charge in [0.25, 0.3) is 0 Å². The van der Waals surface area contributed by atoms with Crippen LogP contribution in [0.15, 0.2) is 24.3 Å². The third-order valence-electron chi connectivity index (χ3n) is 3.33. The molecule has 0 saturated carbocycles. The van der Waals surface area contributed by atoms with Crippen LogP contribution in [-0.4, -0.2) is 48.7 Å². The van der Waals surface area contributed by atoms with E-state index in [0.717, 1.165) is 17.9 Å². The lowest BCUT2D eigenvalue weighted by Gasteiger charge is -2.31. The predicted octanol–water partition coefficient (Wildman–Crippen LogP) is 2.84. The maximum absolute atomic E-state index is 12.1. The number of thioether (sulfide) groups is 1. The molecule has 1 aliphatic heterocycles. The summed E-state index contributed by atoms with van der Waals surface area (Å²) in [6, 6.07) is 8.05. The molecule has 0 radical (unpaired) electrons. The molecule has 0 aliphatic carbocycles. The molecule has 1 aliphatic rings. The van der Waals surface area contributed by atoms with Gasteiger partial charge in [0.1, 0.15) is 0 Å². The molecule has 1 aromatic carbocycles. The molecule has 1 N–H and O–H groups in total. The first-order valence-corrected chi connectivity index (χ1v) is 8.34. The quantitative estimate of drug-likeness (QED) is 0.928. The summed E-state index contributed by atoms with van der Waals surface area (Å²) in [5.41, 5.74) is 2.15. The Hall–Kier alpha value is -1.20. The molecule has 0 bridgehead atoms. The second-order valence-electron chi connectivity index (χ2n) is 5.00. The van der Waals surface area contributed by atoms with Crippen LogP contribution in [0.2, 0.25) is 0 Å². The van der Waals surface area contributed by atoms with Crippen molar-refractivity contribution in [1.29, 1.82) is 0 Å². The van der Waals surface area contributed by atoms with Crippen LogP contribution in [-0.2, 0) is 11.2 Å². The van der Waals surface area contributed by atoms with Gasteiger partial charge in [0.05, 0.1) is 12.7 Å². The van der Waals surface area contributed by atoms with E-state index in [1.807, 2.05) is 30.8 Å². The lowest BCUT2D eigenvalue weighted by Crippen LogP contribution is -2.46. The first-order chi connectivity index (χ1) is 9.69. The first-order valence-electron chi connectivity index (χ1n) is 6.94. The van der Waals surface area contributed by atoms with Gasteiger partial charge in [-0.15, -0.1) is 0 Å². The molecule has 4 nitrogen and oxygen atoms in total. The maximum Gasteiger partial charge on any atom is 0.322 e. The minimum Gasteiger partial charge on any atom is -0.375 e. The summed E-state index contributed by atoms with van der Waals surface area (Å²) >= 11 is 1.84. The molecule has 2 rings (SSSR count). The van der Waals surface area contributed by atoms with Gasteiger partial charge in [0, 0.05) is 18.8 Å². The van der Waals surface area contributed by atoms with E-state index >= 15 is 0 Å². The lowest BCUT2D eigenvalue weighted by molar-refractivity contribution is -0.00138. The highest BCUT2D eigenvalue weighted by atomic mass is 32.2. The molecule has 1 atom stereocenters. The van der Waals surface area contributed by atoms with Crippen molar-refractivity contribution >= 4 is 23.5 Å². The number of nitrogens with zero attached hydrogens (tertiary/aromatic N) is 1. The normalized spacial score (nSPS) is 18.9. The second-order valence-corrected chi connectivity index (χ2v) is 5.98. The van der Waals surface area contributed by atoms with Crippen molar-refractivity contribution in [3.8, 4) is 0 Å². The Kier molecular flexibility index (Phi) is 5.73. The fraction of sp³-hybridized carbons (Fsp3) is 0.533. The number of nitrogens with one attached hydrogen (secondary N) is 1. The van der Waals surface area contributed by atoms with Crippen molar-refractivity contribution in [2.75, 3.05) is 37.0 Å². The molecular weight excluding hydrogens is 272 g/mol. The van der Waals surface area contributed by atoms with Crippen LogP contribution in [0.25, 0.3) is 0 Å². The van der Waals surface area contributed by atoms with E-state index in [9.17, 15) is 4.79 Å². The van der Waals surface area contributed by atoms with Crippen molar-refractivity contribution < 1.29 is 9.53 Å². The zero-order valence-electron chi connectivity index (χ0n) is 12.1. The summed E-state index contributed by atoms with van der Waals surface area (Å²) in [6.07, 6.45) is 3.29. The molecule has 1 saturated heterocycles. The number of carbonyl (C=O) groups excluding carboxylic acids is 1. The SMILES string of the molecule is CSCCc1ccc(NC(=O)N2CCO[C@@H](C)C2)cc1. The zero-order valence-corrected chi connectivity index (χ0v) is 12.9. The van der Waals surface area contributed by atoms with Crippen molar-refractivity contribution in [1.82, 2.24) is 4.90 Å². The Morgan fingerprint density at radius 2 is 2.20 bits per heavy atom. The Balaban J connectivity index is 1.87. The van der Waals surface area contributed by atoms with Crippen LogP contribution in [0.1, 0.15) is 12.5 Å². The summed E-state index contributed by atoms with van der Waals surface area (Å²) in [4.78, 5) is 13.9. The molecule has 1 fully saturated rings. The standard InChI is InChI=1S/C15H22N2O2S/c1-12-11-17(8-9-19-12)15(18)16-14-5-3-13(4-6-14)7-10-20-2/h3-6,12H,7-11H2,1-2H3,(H,16,18)/t12-/m0/s1. The summed E-state index contributed by atoms with van der Waals surface area (Å²) < 4.78 is 5.44. The number of urea groups is 1. The fourth-order valence-corrected chi connectivity index (χ4v) is 2.62. The number of amides is 2. The summed E-state index contributed by atoms with van der Waals surface area (Å²) in [5, 5.41) is 2.94. The lowest BCUT2D eigenvalue weighted by atomic mass is 10.1. The van der Waals surface area contributed by atoms with Gasteiger partial charge >= 0.3 is 6.03 Å². The van der Waals surface area contributed by atoms with Gasteiger partial charge < -0.3 is 15.0 Å². The van der Waals surface area contributed by atoms with Crippen molar-refractivity contribution in [3.63, 3.8) is 0 Å². The van der Waals surface area contributed by atoms with Crippen molar-refractivity contribution in [2.24, 2.45) is 0 Å². The van der Waals surface area contributed by atoms with Crippen LogP contribution in [0, 0.1) is 0 Å². The Bertz CT molecular complexity index is 436. The molecule has 20 heavy (non-hydrogen) atoms. The number of hydrogen-bond donors (Lipinski definition) is 1. The number of hydrogen-bond acceptors (Lipinski definition) is 3. The van der Waals surface area contributed by atoms with Crippen LogP contribution in [0.5, 0.6) is 0 Å². The number of aryl methyl sites for hydroxylation is 1. The second kappa shape index (κ2) is 7.55. The Labute approximate surface area is 124 Å². The molecule has 2 amide bonds. The van der Waals surface area contributed by atoms with E-state index in [2.05, 4.69) is 23.7 Å². The van der Waals surface area contributed by atoms with E-state index < -0.39 is 0 Å². The van der Waals surface area contributed by atoms with Crippen LogP contribution >= 0.6 is 11.8 Å². The number of morpholine rings is 1. The van der Waals surface area contributed by atoms with E-state index in [0.29, 0.717) is 19.7 Å². The molecule has 1 heterocycles. The van der Waals surface area contributed by atoms with E-state index in [4.69, 9.17) is 4.74 Å². The molecule has 110 valence electrons. The molecule has 0 spiro atoms. The van der Waals surface area contributed by atoms with Gasteiger partial charge in [-0.3, -0.25) is 0 Å². The van der Waals surface area contributed by atoms with Crippen molar-refractivity contribution in [3.05, 3.63) is 29.8 Å². The van der Waals surface area contributed by atoms with Crippen LogP contribution in [0.3, 0.4) is 0 Å². The highest BCUT2D eigenvalue weighted by Gasteiger charge is 2.21. The number of carbonyl (C=O) groups is 1. The topological polar surface area (TPSA) is 41.6 Å². The fourth-order valence-electron chi connectivity index (χ4n) is 2.18. The minimum atomic E-state index is -0.0444. The minimum absolute atomic E-state index is 0.0444. The molecule has 0 unspecified atom stereocenters. The maximum atomic E-state index is 12.1. The monoisotopic (exact) mass is 294 g/mol. The largest absolute Gasteiger partial charge is 0.375 e. The number of ether oxygens (including phenoxy) is 1. The highest BCUT2D eigenvalue weighted by molar-refractivity contribution is 7.98. The summed E-state index contributed by atoms with van der Waals surface area (Å²) in [6.45, 7) is 3.90. The van der Waals surface area contributed by atoms with Crippen LogP contribution in [0.4, 0.5) is 10.5 Å². The summed E-state index contributed by atoms with van der Waals surface area (Å²) in [7, 11) is 0. The average molecular weight is 294 g/mol.